The summed E-state index contributed by atoms with van der Waals surface area (Å²) < 4.78 is 1.91. The van der Waals surface area contributed by atoms with Crippen LogP contribution in [0.4, 0.5) is 0 Å². The highest BCUT2D eigenvalue weighted by Crippen LogP contribution is 2.12. The first kappa shape index (κ1) is 18.0. The topological polar surface area (TPSA) is 54.2 Å². The fraction of sp³-hybridized carbons (Fsp3) is 0.474. The Morgan fingerprint density at radius 1 is 1.21 bits per heavy atom. The van der Waals surface area contributed by atoms with Gasteiger partial charge in [-0.05, 0) is 39.7 Å². The van der Waals surface area contributed by atoms with E-state index in [-0.39, 0.29) is 0 Å². The van der Waals surface area contributed by atoms with E-state index in [0.29, 0.717) is 6.54 Å². The molecule has 2 rings (SSSR count). The fourth-order valence-electron chi connectivity index (χ4n) is 2.74. The lowest BCUT2D eigenvalue weighted by Gasteiger charge is -2.11. The molecule has 1 heterocycles. The predicted octanol–water partition coefficient (Wildman–Crippen LogP) is 2.64. The van der Waals surface area contributed by atoms with E-state index in [0.717, 1.165) is 31.2 Å². The molecule has 24 heavy (non-hydrogen) atoms. The summed E-state index contributed by atoms with van der Waals surface area (Å²) in [5.41, 5.74) is 6.07. The first-order valence-electron chi connectivity index (χ1n) is 8.58. The summed E-state index contributed by atoms with van der Waals surface area (Å²) in [5.74, 6) is 0.854. The Hall–Kier alpha value is -2.30. The zero-order valence-corrected chi connectivity index (χ0v) is 15.5. The molecule has 1 aromatic carbocycles. The molecular weight excluding hydrogens is 298 g/mol. The van der Waals surface area contributed by atoms with Gasteiger partial charge in [-0.1, -0.05) is 29.8 Å². The number of nitrogens with one attached hydrogen (secondary N) is 2. The van der Waals surface area contributed by atoms with Crippen LogP contribution in [0.5, 0.6) is 0 Å². The number of benzene rings is 1. The van der Waals surface area contributed by atoms with Crippen molar-refractivity contribution in [2.45, 2.75) is 40.7 Å². The zero-order chi connectivity index (χ0) is 17.5. The fourth-order valence-corrected chi connectivity index (χ4v) is 2.74. The molecule has 0 aliphatic carbocycles. The summed E-state index contributed by atoms with van der Waals surface area (Å²) in [6.45, 7) is 10.7. The standard InChI is InChI=1S/C19H29N5/c1-6-20-19(21-11-10-17-9-7-8-14(2)12-17)22-13-18-15(3)23-24(5)16(18)4/h7-9,12H,6,10-11,13H2,1-5H3,(H2,20,21,22). The molecule has 1 aromatic heterocycles. The monoisotopic (exact) mass is 327 g/mol. The van der Waals surface area contributed by atoms with Gasteiger partial charge in [0.2, 0.25) is 0 Å². The van der Waals surface area contributed by atoms with E-state index >= 15 is 0 Å². The third kappa shape index (κ3) is 4.85. The van der Waals surface area contributed by atoms with Crippen molar-refractivity contribution in [3.8, 4) is 0 Å². The second-order valence-electron chi connectivity index (χ2n) is 6.13. The normalized spacial score (nSPS) is 11.6. The molecule has 130 valence electrons. The maximum absolute atomic E-state index is 4.71. The molecule has 5 heteroatoms. The highest BCUT2D eigenvalue weighted by Gasteiger charge is 2.08. The van der Waals surface area contributed by atoms with Crippen LogP contribution in [0.15, 0.2) is 29.3 Å². The first-order valence-corrected chi connectivity index (χ1v) is 8.58. The van der Waals surface area contributed by atoms with Gasteiger partial charge in [-0.25, -0.2) is 4.99 Å². The Morgan fingerprint density at radius 3 is 2.62 bits per heavy atom. The Kier molecular flexibility index (Phi) is 6.41. The molecule has 0 radical (unpaired) electrons. The lowest BCUT2D eigenvalue weighted by Crippen LogP contribution is -2.38. The van der Waals surface area contributed by atoms with Gasteiger partial charge in [-0.15, -0.1) is 0 Å². The van der Waals surface area contributed by atoms with E-state index < -0.39 is 0 Å². The summed E-state index contributed by atoms with van der Waals surface area (Å²) in [6, 6.07) is 8.63. The van der Waals surface area contributed by atoms with E-state index in [4.69, 9.17) is 4.99 Å². The maximum Gasteiger partial charge on any atom is 0.191 e. The minimum Gasteiger partial charge on any atom is -0.357 e. The van der Waals surface area contributed by atoms with Gasteiger partial charge in [0.25, 0.3) is 0 Å². The average molecular weight is 327 g/mol. The number of guanidine groups is 1. The number of hydrogen-bond donors (Lipinski definition) is 2. The highest BCUT2D eigenvalue weighted by molar-refractivity contribution is 5.79. The second-order valence-corrected chi connectivity index (χ2v) is 6.13. The zero-order valence-electron chi connectivity index (χ0n) is 15.5. The van der Waals surface area contributed by atoms with Crippen LogP contribution in [0.3, 0.4) is 0 Å². The van der Waals surface area contributed by atoms with Crippen LogP contribution >= 0.6 is 0 Å². The van der Waals surface area contributed by atoms with Crippen molar-refractivity contribution < 1.29 is 0 Å². The van der Waals surface area contributed by atoms with Gasteiger partial charge < -0.3 is 10.6 Å². The van der Waals surface area contributed by atoms with Crippen molar-refractivity contribution in [2.24, 2.45) is 12.0 Å². The van der Waals surface area contributed by atoms with Crippen LogP contribution in [0, 0.1) is 20.8 Å². The van der Waals surface area contributed by atoms with E-state index in [1.807, 2.05) is 18.7 Å². The lowest BCUT2D eigenvalue weighted by atomic mass is 10.1. The second kappa shape index (κ2) is 8.52. The third-order valence-corrected chi connectivity index (χ3v) is 4.19. The number of nitrogens with zero attached hydrogens (tertiary/aromatic N) is 3. The first-order chi connectivity index (χ1) is 11.5. The predicted molar refractivity (Wildman–Crippen MR) is 100 cm³/mol. The molecule has 5 nitrogen and oxygen atoms in total. The molecule has 0 saturated carbocycles. The van der Waals surface area contributed by atoms with Gasteiger partial charge in [0, 0.05) is 31.4 Å². The van der Waals surface area contributed by atoms with E-state index in [9.17, 15) is 0 Å². The lowest BCUT2D eigenvalue weighted by molar-refractivity contribution is 0.730. The van der Waals surface area contributed by atoms with Crippen molar-refractivity contribution in [3.05, 3.63) is 52.3 Å². The van der Waals surface area contributed by atoms with Gasteiger partial charge >= 0.3 is 0 Å². The van der Waals surface area contributed by atoms with Crippen LogP contribution in [-0.4, -0.2) is 28.8 Å². The molecule has 0 aliphatic rings. The van der Waals surface area contributed by atoms with Gasteiger partial charge in [0.15, 0.2) is 5.96 Å². The molecule has 0 spiro atoms. The molecule has 0 fully saturated rings. The van der Waals surface area contributed by atoms with Gasteiger partial charge in [0.05, 0.1) is 12.2 Å². The van der Waals surface area contributed by atoms with Crippen LogP contribution in [0.25, 0.3) is 0 Å². The molecule has 0 atom stereocenters. The molecule has 0 amide bonds. The number of aliphatic imine (C=N–C) groups is 1. The van der Waals surface area contributed by atoms with Crippen molar-refractivity contribution in [2.75, 3.05) is 13.1 Å². The Labute approximate surface area is 145 Å². The van der Waals surface area contributed by atoms with E-state index in [1.54, 1.807) is 0 Å². The van der Waals surface area contributed by atoms with Crippen LogP contribution in [-0.2, 0) is 20.0 Å². The Balaban J connectivity index is 1.95. The number of hydrogen-bond acceptors (Lipinski definition) is 2. The summed E-state index contributed by atoms with van der Waals surface area (Å²) >= 11 is 0. The van der Waals surface area contributed by atoms with Gasteiger partial charge in [-0.2, -0.15) is 5.10 Å². The largest absolute Gasteiger partial charge is 0.357 e. The Bertz CT molecular complexity index is 700. The molecule has 0 unspecified atom stereocenters. The van der Waals surface area contributed by atoms with Gasteiger partial charge in [-0.3, -0.25) is 4.68 Å². The summed E-state index contributed by atoms with van der Waals surface area (Å²) in [4.78, 5) is 4.71. The summed E-state index contributed by atoms with van der Waals surface area (Å²) in [6.07, 6.45) is 0.983. The van der Waals surface area contributed by atoms with E-state index in [1.165, 1.54) is 22.4 Å². The molecular formula is C19H29N5. The SMILES string of the molecule is CCNC(=NCc1c(C)nn(C)c1C)NCCc1cccc(C)c1. The van der Waals surface area contributed by atoms with Crippen molar-refractivity contribution in [3.63, 3.8) is 0 Å². The van der Waals surface area contributed by atoms with Crippen LogP contribution in [0.2, 0.25) is 0 Å². The molecule has 0 saturated heterocycles. The molecule has 2 aromatic rings. The average Bonchev–Trinajstić information content (AvgIpc) is 2.78. The Morgan fingerprint density at radius 2 is 2.00 bits per heavy atom. The number of rotatable bonds is 6. The number of aromatic nitrogens is 2. The van der Waals surface area contributed by atoms with Crippen molar-refractivity contribution in [1.29, 1.82) is 0 Å². The minimum atomic E-state index is 0.644. The van der Waals surface area contributed by atoms with Crippen LogP contribution < -0.4 is 10.6 Å². The minimum absolute atomic E-state index is 0.644. The molecule has 2 N–H and O–H groups in total. The smallest absolute Gasteiger partial charge is 0.191 e. The van der Waals surface area contributed by atoms with Crippen molar-refractivity contribution in [1.82, 2.24) is 20.4 Å². The highest BCUT2D eigenvalue weighted by atomic mass is 15.3. The van der Waals surface area contributed by atoms with Crippen molar-refractivity contribution >= 4 is 5.96 Å². The quantitative estimate of drug-likeness (QED) is 0.633. The van der Waals surface area contributed by atoms with Crippen LogP contribution in [0.1, 0.15) is 35.0 Å². The maximum atomic E-state index is 4.71. The van der Waals surface area contributed by atoms with E-state index in [2.05, 4.69) is 60.8 Å². The van der Waals surface area contributed by atoms with Gasteiger partial charge in [0.1, 0.15) is 0 Å². The number of aryl methyl sites for hydroxylation is 3. The summed E-state index contributed by atoms with van der Waals surface area (Å²) in [7, 11) is 1.97. The molecule has 0 bridgehead atoms. The third-order valence-electron chi connectivity index (χ3n) is 4.19. The molecule has 0 aliphatic heterocycles. The summed E-state index contributed by atoms with van der Waals surface area (Å²) in [5, 5.41) is 11.2.